The molecule has 27 heavy (non-hydrogen) atoms. The van der Waals surface area contributed by atoms with Crippen molar-refractivity contribution in [3.05, 3.63) is 69.1 Å². The Bertz CT molecular complexity index is 1030. The Hall–Kier alpha value is -2.51. The largest absolute Gasteiger partial charge is 0.462 e. The average Bonchev–Trinajstić information content (AvgIpc) is 3.00. The summed E-state index contributed by atoms with van der Waals surface area (Å²) in [5.74, 6) is -2.56. The van der Waals surface area contributed by atoms with E-state index in [1.807, 2.05) is 0 Å². The second kappa shape index (κ2) is 8.02. The Balaban J connectivity index is 1.94. The Morgan fingerprint density at radius 3 is 2.59 bits per heavy atom. The highest BCUT2D eigenvalue weighted by Crippen LogP contribution is 2.34. The Morgan fingerprint density at radius 1 is 1.11 bits per heavy atom. The highest BCUT2D eigenvalue weighted by molar-refractivity contribution is 7.21. The number of esters is 2. The molecule has 0 bridgehead atoms. The third kappa shape index (κ3) is 3.94. The molecule has 2 aromatic carbocycles. The minimum absolute atomic E-state index is 0.0317. The predicted molar refractivity (Wildman–Crippen MR) is 98.3 cm³/mol. The molecule has 0 saturated carbocycles. The van der Waals surface area contributed by atoms with Crippen LogP contribution < -0.4 is 0 Å². The molecule has 0 fully saturated rings. The van der Waals surface area contributed by atoms with Crippen LogP contribution in [0.3, 0.4) is 0 Å². The second-order valence-corrected chi connectivity index (χ2v) is 6.90. The fourth-order valence-electron chi connectivity index (χ4n) is 2.54. The maximum absolute atomic E-state index is 14.3. The third-order valence-electron chi connectivity index (χ3n) is 3.72. The Kier molecular flexibility index (Phi) is 5.72. The lowest BCUT2D eigenvalue weighted by atomic mass is 10.1. The van der Waals surface area contributed by atoms with E-state index in [9.17, 15) is 18.4 Å². The summed E-state index contributed by atoms with van der Waals surface area (Å²) in [5.41, 5.74) is 0.189. The topological polar surface area (TPSA) is 52.6 Å². The van der Waals surface area contributed by atoms with E-state index >= 15 is 0 Å². The fourth-order valence-corrected chi connectivity index (χ4v) is 3.90. The summed E-state index contributed by atoms with van der Waals surface area (Å²) in [6.07, 6.45) is 0. The van der Waals surface area contributed by atoms with Crippen LogP contribution in [0, 0.1) is 11.6 Å². The molecule has 0 saturated heterocycles. The number of hydrogen-bond acceptors (Lipinski definition) is 5. The summed E-state index contributed by atoms with van der Waals surface area (Å²) in [4.78, 5) is 24.6. The van der Waals surface area contributed by atoms with Crippen molar-refractivity contribution >= 4 is 45.0 Å². The molecule has 0 N–H and O–H groups in total. The highest BCUT2D eigenvalue weighted by atomic mass is 35.5. The first-order chi connectivity index (χ1) is 12.9. The van der Waals surface area contributed by atoms with E-state index in [2.05, 4.69) is 0 Å². The lowest BCUT2D eigenvalue weighted by molar-refractivity contribution is 0.0454. The summed E-state index contributed by atoms with van der Waals surface area (Å²) in [5, 5.41) is 0.0931. The van der Waals surface area contributed by atoms with E-state index in [1.54, 1.807) is 13.0 Å². The number of fused-ring (bicyclic) bond motifs is 1. The summed E-state index contributed by atoms with van der Waals surface area (Å²) in [6.45, 7) is 1.45. The Morgan fingerprint density at radius 2 is 1.89 bits per heavy atom. The van der Waals surface area contributed by atoms with Crippen molar-refractivity contribution in [2.45, 2.75) is 13.5 Å². The molecule has 0 amide bonds. The van der Waals surface area contributed by atoms with Crippen LogP contribution >= 0.6 is 22.9 Å². The molecule has 0 atom stereocenters. The van der Waals surface area contributed by atoms with Crippen LogP contribution in [0.5, 0.6) is 0 Å². The number of rotatable bonds is 5. The van der Waals surface area contributed by atoms with Crippen LogP contribution in [0.2, 0.25) is 5.02 Å². The molecular weight excluding hydrogens is 398 g/mol. The van der Waals surface area contributed by atoms with Crippen molar-refractivity contribution in [3.63, 3.8) is 0 Å². The van der Waals surface area contributed by atoms with Crippen LogP contribution in [-0.4, -0.2) is 18.5 Å². The Labute approximate surface area is 162 Å². The number of ether oxygens (including phenoxy) is 2. The van der Waals surface area contributed by atoms with E-state index in [4.69, 9.17) is 21.1 Å². The molecule has 3 aromatic rings. The zero-order chi connectivity index (χ0) is 19.6. The van der Waals surface area contributed by atoms with Crippen molar-refractivity contribution < 1.29 is 27.8 Å². The van der Waals surface area contributed by atoms with Crippen LogP contribution in [0.1, 0.15) is 32.5 Å². The number of carbonyl (C=O) groups is 2. The van der Waals surface area contributed by atoms with Gasteiger partial charge in [0.05, 0.1) is 17.2 Å². The van der Waals surface area contributed by atoms with Gasteiger partial charge < -0.3 is 9.47 Å². The second-order valence-electron chi connectivity index (χ2n) is 5.44. The van der Waals surface area contributed by atoms with Crippen LogP contribution in [0.4, 0.5) is 8.78 Å². The molecule has 0 radical (unpaired) electrons. The highest BCUT2D eigenvalue weighted by Gasteiger charge is 2.23. The van der Waals surface area contributed by atoms with Gasteiger partial charge in [0, 0.05) is 15.6 Å². The maximum Gasteiger partial charge on any atom is 0.348 e. The van der Waals surface area contributed by atoms with Crippen LogP contribution in [0.15, 0.2) is 36.4 Å². The smallest absolute Gasteiger partial charge is 0.348 e. The minimum atomic E-state index is -0.814. The van der Waals surface area contributed by atoms with Crippen LogP contribution in [0.25, 0.3) is 10.1 Å². The van der Waals surface area contributed by atoms with Gasteiger partial charge in [0.1, 0.15) is 23.1 Å². The number of carbonyl (C=O) groups excluding carboxylic acids is 2. The number of benzene rings is 2. The normalized spacial score (nSPS) is 10.8. The summed E-state index contributed by atoms with van der Waals surface area (Å²) in [6, 6.07) is 7.70. The SMILES string of the molecule is CCOC(=O)c1sc2cccc(F)c2c1COC(=O)c1ccc(F)cc1Cl. The van der Waals surface area contributed by atoms with Gasteiger partial charge in [-0.15, -0.1) is 11.3 Å². The van der Waals surface area contributed by atoms with Gasteiger partial charge in [-0.3, -0.25) is 0 Å². The lowest BCUT2D eigenvalue weighted by Gasteiger charge is -2.08. The first kappa shape index (κ1) is 19.3. The van der Waals surface area contributed by atoms with Crippen molar-refractivity contribution in [1.82, 2.24) is 0 Å². The standard InChI is InChI=1S/C19H13ClF2O4S/c1-2-25-19(24)17-12(16-14(22)4-3-5-15(16)27-17)9-26-18(23)11-7-6-10(21)8-13(11)20/h3-8H,2,9H2,1H3. The lowest BCUT2D eigenvalue weighted by Crippen LogP contribution is -2.10. The first-order valence-electron chi connectivity index (χ1n) is 7.91. The van der Waals surface area contributed by atoms with E-state index in [0.29, 0.717) is 4.70 Å². The van der Waals surface area contributed by atoms with Crippen LogP contribution in [-0.2, 0) is 16.1 Å². The summed E-state index contributed by atoms with van der Waals surface area (Å²) < 4.78 is 38.2. The third-order valence-corrected chi connectivity index (χ3v) is 5.21. The van der Waals surface area contributed by atoms with Gasteiger partial charge in [0.15, 0.2) is 0 Å². The molecular formula is C19H13ClF2O4S. The summed E-state index contributed by atoms with van der Waals surface area (Å²) in [7, 11) is 0. The van der Waals surface area contributed by atoms with Crippen molar-refractivity contribution in [3.8, 4) is 0 Å². The average molecular weight is 411 g/mol. The van der Waals surface area contributed by atoms with Crippen molar-refractivity contribution in [2.24, 2.45) is 0 Å². The van der Waals surface area contributed by atoms with Gasteiger partial charge in [-0.2, -0.15) is 0 Å². The molecule has 0 aliphatic rings. The molecule has 0 aliphatic heterocycles. The van der Waals surface area contributed by atoms with E-state index in [0.717, 1.165) is 23.5 Å². The van der Waals surface area contributed by atoms with E-state index < -0.39 is 23.6 Å². The predicted octanol–water partition coefficient (Wildman–Crippen LogP) is 5.37. The maximum atomic E-state index is 14.3. The number of hydrogen-bond donors (Lipinski definition) is 0. The molecule has 1 heterocycles. The molecule has 3 rings (SSSR count). The first-order valence-corrected chi connectivity index (χ1v) is 9.11. The molecule has 0 spiro atoms. The molecule has 4 nitrogen and oxygen atoms in total. The number of thiophene rings is 1. The van der Waals surface area contributed by atoms with E-state index in [-0.39, 0.29) is 39.6 Å². The fraction of sp³-hybridized carbons (Fsp3) is 0.158. The zero-order valence-corrected chi connectivity index (χ0v) is 15.6. The zero-order valence-electron chi connectivity index (χ0n) is 14.1. The van der Waals surface area contributed by atoms with Gasteiger partial charge in [-0.25, -0.2) is 18.4 Å². The van der Waals surface area contributed by atoms with Gasteiger partial charge in [-0.1, -0.05) is 17.7 Å². The minimum Gasteiger partial charge on any atom is -0.462 e. The summed E-state index contributed by atoms with van der Waals surface area (Å²) >= 11 is 6.91. The van der Waals surface area contributed by atoms with Gasteiger partial charge in [0.25, 0.3) is 0 Å². The molecule has 0 unspecified atom stereocenters. The monoisotopic (exact) mass is 410 g/mol. The molecule has 140 valence electrons. The molecule has 1 aromatic heterocycles. The van der Waals surface area contributed by atoms with Gasteiger partial charge >= 0.3 is 11.9 Å². The van der Waals surface area contributed by atoms with E-state index in [1.165, 1.54) is 18.2 Å². The van der Waals surface area contributed by atoms with Crippen molar-refractivity contribution in [1.29, 1.82) is 0 Å². The molecule has 8 heteroatoms. The van der Waals surface area contributed by atoms with Crippen molar-refractivity contribution in [2.75, 3.05) is 6.61 Å². The quantitative estimate of drug-likeness (QED) is 0.531. The molecule has 0 aliphatic carbocycles. The van der Waals surface area contributed by atoms with Gasteiger partial charge in [-0.05, 0) is 37.3 Å². The number of halogens is 3. The van der Waals surface area contributed by atoms with Gasteiger partial charge in [0.2, 0.25) is 0 Å².